The minimum Gasteiger partial charge on any atom is -0.324 e. The molecule has 3 aromatic heterocycles. The zero-order valence-electron chi connectivity index (χ0n) is 18.0. The van der Waals surface area contributed by atoms with Crippen molar-refractivity contribution in [2.24, 2.45) is 0 Å². The largest absolute Gasteiger partial charge is 0.324 e. The lowest BCUT2D eigenvalue weighted by Crippen LogP contribution is -2.36. The van der Waals surface area contributed by atoms with Gasteiger partial charge in [0.15, 0.2) is 0 Å². The smallest absolute Gasteiger partial charge is 0.220 e. The lowest BCUT2D eigenvalue weighted by atomic mass is 9.98. The minimum absolute atomic E-state index is 0.888. The van der Waals surface area contributed by atoms with Crippen LogP contribution in [-0.2, 0) is 6.54 Å². The number of nitrogens with zero attached hydrogens (tertiary/aromatic N) is 3. The molecule has 3 nitrogen and oxygen atoms in total. The molecule has 6 rings (SSSR count). The molecule has 0 saturated carbocycles. The van der Waals surface area contributed by atoms with Gasteiger partial charge < -0.3 is 9.13 Å². The van der Waals surface area contributed by atoms with Crippen LogP contribution in [0.3, 0.4) is 0 Å². The summed E-state index contributed by atoms with van der Waals surface area (Å²) in [5, 5.41) is 3.82. The molecule has 6 aromatic rings. The summed E-state index contributed by atoms with van der Waals surface area (Å²) in [5.74, 6) is 0. The Labute approximate surface area is 187 Å². The van der Waals surface area contributed by atoms with Crippen LogP contribution in [0.5, 0.6) is 0 Å². The second-order valence-corrected chi connectivity index (χ2v) is 8.07. The first-order valence-electron chi connectivity index (χ1n) is 11.1. The molecule has 0 spiro atoms. The third-order valence-corrected chi connectivity index (χ3v) is 6.26. The summed E-state index contributed by atoms with van der Waals surface area (Å²) in [6.45, 7) is 3.12. The van der Waals surface area contributed by atoms with E-state index < -0.39 is 0 Å². The molecule has 0 atom stereocenters. The first-order valence-corrected chi connectivity index (χ1v) is 11.1. The summed E-state index contributed by atoms with van der Waals surface area (Å²) in [4.78, 5) is 0. The van der Waals surface area contributed by atoms with Crippen LogP contribution in [0, 0.1) is 0 Å². The maximum atomic E-state index is 2.46. The van der Waals surface area contributed by atoms with Gasteiger partial charge in [0.2, 0.25) is 11.2 Å². The van der Waals surface area contributed by atoms with Gasteiger partial charge in [-0.3, -0.25) is 0 Å². The standard InChI is InChI=1S/C29H24N3/c1-2-32-28-21-24(31-18-8-9-19-31)13-15-26(28)25-14-12-23(30-16-6-7-17-30)20-27(25)29(32)22-10-4-3-5-11-22/h3-21H,2H2,1H3/q+1. The van der Waals surface area contributed by atoms with Crippen molar-refractivity contribution in [2.75, 3.05) is 0 Å². The van der Waals surface area contributed by atoms with Crippen LogP contribution < -0.4 is 4.57 Å². The second kappa shape index (κ2) is 7.54. The van der Waals surface area contributed by atoms with Gasteiger partial charge in [-0.25, -0.2) is 0 Å². The normalized spacial score (nSPS) is 11.4. The number of rotatable bonds is 4. The molecule has 0 fully saturated rings. The maximum Gasteiger partial charge on any atom is 0.220 e. The van der Waals surface area contributed by atoms with Gasteiger partial charge in [-0.2, -0.15) is 4.57 Å². The number of fused-ring (bicyclic) bond motifs is 3. The monoisotopic (exact) mass is 414 g/mol. The average Bonchev–Trinajstić information content (AvgIpc) is 3.58. The highest BCUT2D eigenvalue weighted by molar-refractivity contribution is 6.09. The van der Waals surface area contributed by atoms with Crippen molar-refractivity contribution in [3.05, 3.63) is 116 Å². The Morgan fingerprint density at radius 2 is 1.19 bits per heavy atom. The van der Waals surface area contributed by atoms with E-state index in [9.17, 15) is 0 Å². The summed E-state index contributed by atoms with van der Waals surface area (Å²) >= 11 is 0. The highest BCUT2D eigenvalue weighted by Crippen LogP contribution is 2.33. The van der Waals surface area contributed by atoms with Crippen LogP contribution >= 0.6 is 0 Å². The Morgan fingerprint density at radius 3 is 1.81 bits per heavy atom. The summed E-state index contributed by atoms with van der Waals surface area (Å²) in [6.07, 6.45) is 8.39. The quantitative estimate of drug-likeness (QED) is 0.229. The van der Waals surface area contributed by atoms with Crippen molar-refractivity contribution in [3.63, 3.8) is 0 Å². The molecule has 0 unspecified atom stereocenters. The van der Waals surface area contributed by atoms with Crippen molar-refractivity contribution >= 4 is 21.7 Å². The lowest BCUT2D eigenvalue weighted by Gasteiger charge is -2.14. The molecule has 3 heteroatoms. The molecule has 0 bridgehead atoms. The molecule has 32 heavy (non-hydrogen) atoms. The molecule has 0 amide bonds. The number of hydrogen-bond acceptors (Lipinski definition) is 0. The molecule has 0 aliphatic carbocycles. The Balaban J connectivity index is 1.74. The van der Waals surface area contributed by atoms with E-state index in [0.717, 1.165) is 6.54 Å². The summed E-state index contributed by atoms with van der Waals surface area (Å²) in [6, 6.07) is 32.6. The number of aromatic nitrogens is 3. The summed E-state index contributed by atoms with van der Waals surface area (Å²) < 4.78 is 6.80. The van der Waals surface area contributed by atoms with Crippen LogP contribution in [0.15, 0.2) is 116 Å². The van der Waals surface area contributed by atoms with Gasteiger partial charge in [0.1, 0.15) is 6.54 Å². The third-order valence-electron chi connectivity index (χ3n) is 6.26. The number of hydrogen-bond donors (Lipinski definition) is 0. The Kier molecular flexibility index (Phi) is 4.39. The van der Waals surface area contributed by atoms with Crippen molar-refractivity contribution in [2.45, 2.75) is 13.5 Å². The third kappa shape index (κ3) is 2.94. The van der Waals surface area contributed by atoms with E-state index in [1.54, 1.807) is 0 Å². The minimum atomic E-state index is 0.888. The zero-order chi connectivity index (χ0) is 21.5. The molecule has 0 aliphatic rings. The number of aryl methyl sites for hydroxylation is 1. The van der Waals surface area contributed by atoms with E-state index in [4.69, 9.17) is 0 Å². The molecule has 0 saturated heterocycles. The van der Waals surface area contributed by atoms with Crippen molar-refractivity contribution < 1.29 is 4.57 Å². The SMILES string of the molecule is CC[n+]1c(-c2ccccc2)c2cc(-n3cccc3)ccc2c2ccc(-n3cccc3)cc21. The summed E-state index contributed by atoms with van der Waals surface area (Å²) in [7, 11) is 0. The van der Waals surface area contributed by atoms with Crippen molar-refractivity contribution in [3.8, 4) is 22.6 Å². The van der Waals surface area contributed by atoms with Crippen LogP contribution in [0.25, 0.3) is 44.3 Å². The Hall–Kier alpha value is -4.11. The predicted molar refractivity (Wildman–Crippen MR) is 131 cm³/mol. The molecular formula is C29H24N3+. The first-order chi connectivity index (χ1) is 15.8. The van der Waals surface area contributed by atoms with Crippen LogP contribution in [0.4, 0.5) is 0 Å². The fourth-order valence-corrected chi connectivity index (χ4v) is 4.77. The summed E-state index contributed by atoms with van der Waals surface area (Å²) in [5.41, 5.74) is 6.09. The average molecular weight is 415 g/mol. The van der Waals surface area contributed by atoms with Gasteiger partial charge in [-0.15, -0.1) is 0 Å². The molecular weight excluding hydrogens is 390 g/mol. The molecule has 0 radical (unpaired) electrons. The van der Waals surface area contributed by atoms with Gasteiger partial charge in [-0.1, -0.05) is 24.3 Å². The predicted octanol–water partition coefficient (Wildman–Crippen LogP) is 6.55. The van der Waals surface area contributed by atoms with Gasteiger partial charge in [-0.05, 0) is 67.6 Å². The van der Waals surface area contributed by atoms with Gasteiger partial charge in [0.25, 0.3) is 0 Å². The lowest BCUT2D eigenvalue weighted by molar-refractivity contribution is -0.655. The van der Waals surface area contributed by atoms with E-state index in [-0.39, 0.29) is 0 Å². The molecule has 0 N–H and O–H groups in total. The van der Waals surface area contributed by atoms with E-state index in [1.807, 2.05) is 0 Å². The number of benzene rings is 3. The van der Waals surface area contributed by atoms with Crippen molar-refractivity contribution in [1.29, 1.82) is 0 Å². The Morgan fingerprint density at radius 1 is 0.594 bits per heavy atom. The second-order valence-electron chi connectivity index (χ2n) is 8.07. The Bertz CT molecular complexity index is 1530. The topological polar surface area (TPSA) is 13.7 Å². The molecule has 154 valence electrons. The van der Waals surface area contributed by atoms with Gasteiger partial charge in [0.05, 0.1) is 16.5 Å². The fraction of sp³-hybridized carbons (Fsp3) is 0.0690. The van der Waals surface area contributed by atoms with Crippen LogP contribution in [0.1, 0.15) is 6.92 Å². The van der Waals surface area contributed by atoms with Gasteiger partial charge in [0, 0.05) is 47.5 Å². The van der Waals surface area contributed by atoms with E-state index in [2.05, 4.69) is 136 Å². The first kappa shape index (κ1) is 18.6. The maximum absolute atomic E-state index is 2.46. The van der Waals surface area contributed by atoms with Crippen LogP contribution in [0.2, 0.25) is 0 Å². The zero-order valence-corrected chi connectivity index (χ0v) is 18.0. The van der Waals surface area contributed by atoms with Crippen molar-refractivity contribution in [1.82, 2.24) is 9.13 Å². The molecule has 0 aliphatic heterocycles. The number of pyridine rings is 1. The fourth-order valence-electron chi connectivity index (χ4n) is 4.77. The molecule has 3 aromatic carbocycles. The highest BCUT2D eigenvalue weighted by atomic mass is 15.0. The van der Waals surface area contributed by atoms with Crippen LogP contribution in [-0.4, -0.2) is 9.13 Å². The van der Waals surface area contributed by atoms with E-state index in [0.29, 0.717) is 0 Å². The van der Waals surface area contributed by atoms with E-state index in [1.165, 1.54) is 44.3 Å². The molecule has 3 heterocycles. The van der Waals surface area contributed by atoms with E-state index >= 15 is 0 Å². The highest BCUT2D eigenvalue weighted by Gasteiger charge is 2.23. The van der Waals surface area contributed by atoms with Gasteiger partial charge >= 0.3 is 0 Å².